The number of carbonyl (C=O) groups is 1. The lowest BCUT2D eigenvalue weighted by molar-refractivity contribution is -0.141. The van der Waals surface area contributed by atoms with E-state index in [1.54, 1.807) is 35.4 Å². The summed E-state index contributed by atoms with van der Waals surface area (Å²) in [4.78, 5) is 26.8. The van der Waals surface area contributed by atoms with Crippen LogP contribution in [0.25, 0.3) is 11.3 Å². The minimum absolute atomic E-state index is 0.0535. The third kappa shape index (κ3) is 3.90. The molecule has 0 aliphatic carbocycles. The number of anilines is 1. The third-order valence-corrected chi connectivity index (χ3v) is 6.21. The molecule has 10 heteroatoms. The topological polar surface area (TPSA) is 71.0 Å². The van der Waals surface area contributed by atoms with Crippen LogP contribution in [0, 0.1) is 5.82 Å². The normalized spacial score (nSPS) is 21.9. The molecule has 0 radical (unpaired) electrons. The lowest BCUT2D eigenvalue weighted by atomic mass is 9.95. The van der Waals surface area contributed by atoms with Crippen LogP contribution in [-0.2, 0) is 6.18 Å². The molecule has 0 spiro atoms. The smallest absolute Gasteiger partial charge is 0.364 e. The van der Waals surface area contributed by atoms with Gasteiger partial charge in [-0.1, -0.05) is 12.1 Å². The van der Waals surface area contributed by atoms with Crippen LogP contribution in [0.5, 0.6) is 0 Å². The van der Waals surface area contributed by atoms with Crippen LogP contribution in [0.3, 0.4) is 0 Å². The highest BCUT2D eigenvalue weighted by Gasteiger charge is 2.49. The monoisotopic (exact) mass is 457 g/mol. The summed E-state index contributed by atoms with van der Waals surface area (Å²) in [6, 6.07) is 9.06. The molecule has 2 bridgehead atoms. The highest BCUT2D eigenvalue weighted by Crippen LogP contribution is 2.41. The molecule has 6 nitrogen and oxygen atoms in total. The summed E-state index contributed by atoms with van der Waals surface area (Å²) >= 11 is 0. The summed E-state index contributed by atoms with van der Waals surface area (Å²) in [6.07, 6.45) is 0.875. The van der Waals surface area contributed by atoms with Gasteiger partial charge in [0.05, 0.1) is 35.7 Å². The van der Waals surface area contributed by atoms with E-state index in [2.05, 4.69) is 20.3 Å². The van der Waals surface area contributed by atoms with Crippen LogP contribution < -0.4 is 5.32 Å². The first-order chi connectivity index (χ1) is 15.8. The molecule has 1 N–H and O–H groups in total. The van der Waals surface area contributed by atoms with Gasteiger partial charge >= 0.3 is 6.18 Å². The highest BCUT2D eigenvalue weighted by atomic mass is 19.4. The number of rotatable bonds is 4. The lowest BCUT2D eigenvalue weighted by Gasteiger charge is -2.26. The fraction of sp³-hybridized carbons (Fsp3) is 0.304. The maximum Gasteiger partial charge on any atom is 0.434 e. The summed E-state index contributed by atoms with van der Waals surface area (Å²) in [7, 11) is 0. The molecule has 2 aliphatic heterocycles. The van der Waals surface area contributed by atoms with E-state index >= 15 is 0 Å². The zero-order chi connectivity index (χ0) is 23.2. The van der Waals surface area contributed by atoms with Crippen molar-refractivity contribution in [2.24, 2.45) is 0 Å². The molecule has 2 aliphatic rings. The number of amides is 1. The number of hydrogen-bond donors (Lipinski definition) is 1. The summed E-state index contributed by atoms with van der Waals surface area (Å²) in [5.74, 6) is -0.598. The van der Waals surface area contributed by atoms with Crippen molar-refractivity contribution in [3.63, 3.8) is 0 Å². The molecule has 4 heterocycles. The van der Waals surface area contributed by atoms with Crippen LogP contribution in [0.1, 0.15) is 35.3 Å². The van der Waals surface area contributed by atoms with Crippen LogP contribution in [0.2, 0.25) is 0 Å². The molecule has 5 rings (SSSR count). The minimum atomic E-state index is -4.56. The molecule has 170 valence electrons. The van der Waals surface area contributed by atoms with Crippen molar-refractivity contribution in [2.45, 2.75) is 43.6 Å². The van der Waals surface area contributed by atoms with Gasteiger partial charge in [0.1, 0.15) is 11.6 Å². The van der Waals surface area contributed by atoms with Gasteiger partial charge in [-0.3, -0.25) is 9.78 Å². The molecule has 2 saturated heterocycles. The molecule has 2 aromatic heterocycles. The first kappa shape index (κ1) is 21.3. The Balaban J connectivity index is 1.39. The first-order valence-electron chi connectivity index (χ1n) is 10.5. The minimum Gasteiger partial charge on any atom is -0.364 e. The fourth-order valence-electron chi connectivity index (χ4n) is 4.81. The molecular weight excluding hydrogens is 438 g/mol. The van der Waals surface area contributed by atoms with Crippen molar-refractivity contribution < 1.29 is 22.4 Å². The second-order valence-electron chi connectivity index (χ2n) is 8.16. The van der Waals surface area contributed by atoms with Crippen LogP contribution in [0.15, 0.2) is 55.0 Å². The maximum atomic E-state index is 14.8. The van der Waals surface area contributed by atoms with Gasteiger partial charge in [-0.2, -0.15) is 13.2 Å². The van der Waals surface area contributed by atoms with Gasteiger partial charge in [0.2, 0.25) is 0 Å². The molecule has 0 saturated carbocycles. The zero-order valence-corrected chi connectivity index (χ0v) is 17.3. The van der Waals surface area contributed by atoms with Crippen molar-refractivity contribution in [1.82, 2.24) is 19.9 Å². The van der Waals surface area contributed by atoms with Gasteiger partial charge in [0, 0.05) is 17.8 Å². The Labute approximate surface area is 186 Å². The second kappa shape index (κ2) is 8.09. The van der Waals surface area contributed by atoms with Gasteiger partial charge in [0.15, 0.2) is 5.69 Å². The number of nitrogens with zero attached hydrogens (tertiary/aromatic N) is 4. The Morgan fingerprint density at radius 3 is 2.58 bits per heavy atom. The average Bonchev–Trinajstić information content (AvgIpc) is 3.36. The third-order valence-electron chi connectivity index (χ3n) is 6.21. The van der Waals surface area contributed by atoms with Crippen molar-refractivity contribution >= 4 is 11.7 Å². The van der Waals surface area contributed by atoms with Gasteiger partial charge < -0.3 is 10.2 Å². The Kier molecular flexibility index (Phi) is 5.22. The van der Waals surface area contributed by atoms with E-state index in [1.165, 1.54) is 12.1 Å². The van der Waals surface area contributed by atoms with Gasteiger partial charge in [-0.15, -0.1) is 0 Å². The standard InChI is InChI=1S/C23H19F4N5O/c24-15-5-3-4-14(21(15)16-6-1-2-9-28-16)22(33)32-13-7-8-18(32)17(10-13)31-20-12-29-19(11-30-20)23(25,26)27/h1-6,9,11-13,17-18H,7-8,10H2,(H,30,31)/t13?,17-,18?/m0/s1. The Morgan fingerprint density at radius 2 is 1.88 bits per heavy atom. The van der Waals surface area contributed by atoms with Gasteiger partial charge in [-0.25, -0.2) is 14.4 Å². The summed E-state index contributed by atoms with van der Waals surface area (Å²) in [5, 5.41) is 3.12. The molecule has 1 aromatic carbocycles. The number of halogens is 4. The lowest BCUT2D eigenvalue weighted by Crippen LogP contribution is -2.40. The number of nitrogens with one attached hydrogen (secondary N) is 1. The van der Waals surface area contributed by atoms with E-state index in [0.29, 0.717) is 18.3 Å². The number of benzene rings is 1. The van der Waals surface area contributed by atoms with Crippen LogP contribution >= 0.6 is 0 Å². The SMILES string of the molecule is O=C(c1cccc(F)c1-c1ccccn1)N1C2CCC1[C@@H](Nc1cnc(C(F)(F)F)cn1)C2. The van der Waals surface area contributed by atoms with Crippen molar-refractivity contribution in [3.05, 3.63) is 72.1 Å². The molecule has 1 amide bonds. The molecule has 3 aromatic rings. The predicted octanol–water partition coefficient (Wildman–Crippen LogP) is 4.55. The number of hydrogen-bond acceptors (Lipinski definition) is 5. The number of aromatic nitrogens is 3. The number of pyridine rings is 1. The second-order valence-corrected chi connectivity index (χ2v) is 8.16. The Hall–Kier alpha value is -3.56. The number of carbonyl (C=O) groups excluding carboxylic acids is 1. The summed E-state index contributed by atoms with van der Waals surface area (Å²) in [5.41, 5.74) is -0.292. The quantitative estimate of drug-likeness (QED) is 0.582. The van der Waals surface area contributed by atoms with Crippen molar-refractivity contribution in [2.75, 3.05) is 5.32 Å². The molecular formula is C23H19F4N5O. The van der Waals surface area contributed by atoms with E-state index < -0.39 is 17.7 Å². The van der Waals surface area contributed by atoms with E-state index in [0.717, 1.165) is 19.0 Å². The first-order valence-corrected chi connectivity index (χ1v) is 10.5. The highest BCUT2D eigenvalue weighted by molar-refractivity contribution is 6.01. The summed E-state index contributed by atoms with van der Waals surface area (Å²) < 4.78 is 53.0. The van der Waals surface area contributed by atoms with Crippen molar-refractivity contribution in [1.29, 1.82) is 0 Å². The van der Waals surface area contributed by atoms with Gasteiger partial charge in [-0.05, 0) is 43.5 Å². The number of alkyl halides is 3. The predicted molar refractivity (Wildman–Crippen MR) is 112 cm³/mol. The average molecular weight is 457 g/mol. The Morgan fingerprint density at radius 1 is 1.03 bits per heavy atom. The van der Waals surface area contributed by atoms with Crippen LogP contribution in [-0.4, -0.2) is 43.9 Å². The molecule has 2 unspecified atom stereocenters. The van der Waals surface area contributed by atoms with E-state index in [-0.39, 0.29) is 41.0 Å². The number of fused-ring (bicyclic) bond motifs is 2. The van der Waals surface area contributed by atoms with E-state index in [9.17, 15) is 22.4 Å². The maximum absolute atomic E-state index is 14.8. The fourth-order valence-corrected chi connectivity index (χ4v) is 4.81. The Bertz CT molecular complexity index is 1170. The zero-order valence-electron chi connectivity index (χ0n) is 17.3. The largest absolute Gasteiger partial charge is 0.434 e. The molecule has 3 atom stereocenters. The van der Waals surface area contributed by atoms with Crippen LogP contribution in [0.4, 0.5) is 23.4 Å². The molecule has 2 fully saturated rings. The van der Waals surface area contributed by atoms with Gasteiger partial charge in [0.25, 0.3) is 5.91 Å². The molecule has 33 heavy (non-hydrogen) atoms. The summed E-state index contributed by atoms with van der Waals surface area (Å²) in [6.45, 7) is 0. The van der Waals surface area contributed by atoms with Crippen molar-refractivity contribution in [3.8, 4) is 11.3 Å². The van der Waals surface area contributed by atoms with E-state index in [1.807, 2.05) is 0 Å². The van der Waals surface area contributed by atoms with E-state index in [4.69, 9.17) is 0 Å².